The number of halogens is 3. The Morgan fingerprint density at radius 2 is 1.94 bits per heavy atom. The zero-order valence-electron chi connectivity index (χ0n) is 17.0. The van der Waals surface area contributed by atoms with Crippen LogP contribution in [0.1, 0.15) is 6.92 Å². The third-order valence-electron chi connectivity index (χ3n) is 5.12. The molecule has 1 atom stereocenters. The first-order chi connectivity index (χ1) is 14.7. The molecular formula is C22H21F3N2O4. The standard InChI is InChI=1S/C22H21F3N2O4/c1-13-12-27(8-7-26-13)15-4-6-18-16(10-15)17(28)11-20(30-18)14-3-5-19(29-2)21(9-14)31-22(23,24)25/h3-6,9-11,13,26H,7-8,12H2,1-2H3. The predicted molar refractivity (Wildman–Crippen MR) is 111 cm³/mol. The fourth-order valence-corrected chi connectivity index (χ4v) is 3.68. The highest BCUT2D eigenvalue weighted by atomic mass is 19.4. The van der Waals surface area contributed by atoms with E-state index in [0.29, 0.717) is 17.0 Å². The Morgan fingerprint density at radius 3 is 2.65 bits per heavy atom. The molecule has 1 aliphatic rings. The van der Waals surface area contributed by atoms with E-state index in [1.54, 1.807) is 12.1 Å². The zero-order chi connectivity index (χ0) is 22.2. The number of rotatable bonds is 4. The van der Waals surface area contributed by atoms with Gasteiger partial charge in [-0.25, -0.2) is 0 Å². The van der Waals surface area contributed by atoms with Crippen LogP contribution in [0.15, 0.2) is 51.7 Å². The molecule has 9 heteroatoms. The Labute approximate surface area is 176 Å². The lowest BCUT2D eigenvalue weighted by Gasteiger charge is -2.33. The molecule has 0 aliphatic carbocycles. The second-order valence-electron chi connectivity index (χ2n) is 7.37. The summed E-state index contributed by atoms with van der Waals surface area (Å²) in [5, 5.41) is 3.78. The van der Waals surface area contributed by atoms with Gasteiger partial charge in [-0.1, -0.05) is 0 Å². The summed E-state index contributed by atoms with van der Waals surface area (Å²) in [6, 6.07) is 10.9. The van der Waals surface area contributed by atoms with Crippen molar-refractivity contribution in [2.24, 2.45) is 0 Å². The average Bonchev–Trinajstić information content (AvgIpc) is 2.72. The second kappa shape index (κ2) is 8.14. The van der Waals surface area contributed by atoms with E-state index in [0.717, 1.165) is 31.4 Å². The van der Waals surface area contributed by atoms with Crippen LogP contribution in [0.3, 0.4) is 0 Å². The molecule has 0 bridgehead atoms. The number of nitrogens with zero attached hydrogens (tertiary/aromatic N) is 1. The van der Waals surface area contributed by atoms with Gasteiger partial charge in [0.25, 0.3) is 0 Å². The number of alkyl halides is 3. The lowest BCUT2D eigenvalue weighted by atomic mass is 10.1. The molecule has 1 N–H and O–H groups in total. The normalized spacial score (nSPS) is 17.1. The maximum Gasteiger partial charge on any atom is 0.573 e. The van der Waals surface area contributed by atoms with Crippen LogP contribution in [0.25, 0.3) is 22.3 Å². The third kappa shape index (κ3) is 4.61. The maximum absolute atomic E-state index is 12.8. The highest BCUT2D eigenvalue weighted by Crippen LogP contribution is 2.36. The maximum atomic E-state index is 12.8. The number of ether oxygens (including phenoxy) is 2. The summed E-state index contributed by atoms with van der Waals surface area (Å²) < 4.78 is 53.0. The van der Waals surface area contributed by atoms with Crippen molar-refractivity contribution in [1.29, 1.82) is 0 Å². The number of hydrogen-bond donors (Lipinski definition) is 1. The molecule has 0 radical (unpaired) electrons. The van der Waals surface area contributed by atoms with Crippen molar-refractivity contribution in [3.05, 3.63) is 52.7 Å². The van der Waals surface area contributed by atoms with Crippen LogP contribution in [0.5, 0.6) is 11.5 Å². The van der Waals surface area contributed by atoms with Crippen LogP contribution >= 0.6 is 0 Å². The number of methoxy groups -OCH3 is 1. The fraction of sp³-hybridized carbons (Fsp3) is 0.318. The van der Waals surface area contributed by atoms with Gasteiger partial charge in [0.1, 0.15) is 11.3 Å². The van der Waals surface area contributed by atoms with Crippen molar-refractivity contribution >= 4 is 16.7 Å². The Morgan fingerprint density at radius 1 is 1.13 bits per heavy atom. The molecule has 1 saturated heterocycles. The summed E-state index contributed by atoms with van der Waals surface area (Å²) in [5.74, 6) is -0.465. The molecule has 1 aliphatic heterocycles. The van der Waals surface area contributed by atoms with Gasteiger partial charge in [0, 0.05) is 43.0 Å². The molecule has 6 nitrogen and oxygen atoms in total. The molecule has 2 heterocycles. The molecule has 2 aromatic carbocycles. The molecule has 0 spiro atoms. The molecule has 4 rings (SSSR count). The van der Waals surface area contributed by atoms with Crippen LogP contribution in [-0.2, 0) is 0 Å². The molecule has 1 fully saturated rings. The number of fused-ring (bicyclic) bond motifs is 1. The fourth-order valence-electron chi connectivity index (χ4n) is 3.68. The van der Waals surface area contributed by atoms with E-state index in [4.69, 9.17) is 9.15 Å². The van der Waals surface area contributed by atoms with Gasteiger partial charge in [0.15, 0.2) is 16.9 Å². The quantitative estimate of drug-likeness (QED) is 0.665. The molecule has 0 saturated carbocycles. The van der Waals surface area contributed by atoms with Gasteiger partial charge in [-0.15, -0.1) is 13.2 Å². The minimum atomic E-state index is -4.88. The highest BCUT2D eigenvalue weighted by Gasteiger charge is 2.32. The lowest BCUT2D eigenvalue weighted by molar-refractivity contribution is -0.275. The van der Waals surface area contributed by atoms with Crippen molar-refractivity contribution in [1.82, 2.24) is 5.32 Å². The topological polar surface area (TPSA) is 63.9 Å². The molecule has 0 amide bonds. The van der Waals surface area contributed by atoms with E-state index in [2.05, 4.69) is 21.9 Å². The number of nitrogens with one attached hydrogen (secondary N) is 1. The van der Waals surface area contributed by atoms with Crippen molar-refractivity contribution in [3.8, 4) is 22.8 Å². The largest absolute Gasteiger partial charge is 0.573 e. The van der Waals surface area contributed by atoms with Gasteiger partial charge in [-0.05, 0) is 43.3 Å². The Hall–Kier alpha value is -3.20. The molecule has 1 unspecified atom stereocenters. The number of benzene rings is 2. The Bertz CT molecular complexity index is 1160. The molecule has 164 valence electrons. The summed E-state index contributed by atoms with van der Waals surface area (Å²) in [6.07, 6.45) is -4.88. The first-order valence-corrected chi connectivity index (χ1v) is 9.74. The lowest BCUT2D eigenvalue weighted by Crippen LogP contribution is -2.49. The van der Waals surface area contributed by atoms with E-state index in [-0.39, 0.29) is 22.5 Å². The summed E-state index contributed by atoms with van der Waals surface area (Å²) in [5.41, 5.74) is 1.25. The minimum Gasteiger partial charge on any atom is -0.493 e. The van der Waals surface area contributed by atoms with Crippen LogP contribution in [0.2, 0.25) is 0 Å². The third-order valence-corrected chi connectivity index (χ3v) is 5.12. The van der Waals surface area contributed by atoms with E-state index < -0.39 is 12.1 Å². The van der Waals surface area contributed by atoms with Gasteiger partial charge < -0.3 is 24.1 Å². The molecule has 3 aromatic rings. The number of piperazine rings is 1. The average molecular weight is 434 g/mol. The molecular weight excluding hydrogens is 413 g/mol. The SMILES string of the molecule is COc1ccc(-c2cc(=O)c3cc(N4CCNC(C)C4)ccc3o2)cc1OC(F)(F)F. The summed E-state index contributed by atoms with van der Waals surface area (Å²) in [4.78, 5) is 15.0. The first kappa shape index (κ1) is 21.0. The van der Waals surface area contributed by atoms with Gasteiger partial charge in [-0.3, -0.25) is 4.79 Å². The molecule has 1 aromatic heterocycles. The monoisotopic (exact) mass is 434 g/mol. The van der Waals surface area contributed by atoms with Crippen LogP contribution in [-0.4, -0.2) is 39.1 Å². The summed E-state index contributed by atoms with van der Waals surface area (Å²) in [6.45, 7) is 4.60. The predicted octanol–water partition coefficient (Wildman–Crippen LogP) is 4.17. The minimum absolute atomic E-state index is 0.0842. The van der Waals surface area contributed by atoms with Gasteiger partial charge >= 0.3 is 6.36 Å². The van der Waals surface area contributed by atoms with Crippen molar-refractivity contribution in [3.63, 3.8) is 0 Å². The zero-order valence-corrected chi connectivity index (χ0v) is 17.0. The van der Waals surface area contributed by atoms with Crippen molar-refractivity contribution in [2.45, 2.75) is 19.3 Å². The number of anilines is 1. The van der Waals surface area contributed by atoms with E-state index in [1.807, 2.05) is 6.07 Å². The number of hydrogen-bond acceptors (Lipinski definition) is 6. The summed E-state index contributed by atoms with van der Waals surface area (Å²) >= 11 is 0. The van der Waals surface area contributed by atoms with Crippen LogP contribution in [0, 0.1) is 0 Å². The van der Waals surface area contributed by atoms with Crippen molar-refractivity contribution in [2.75, 3.05) is 31.6 Å². The van der Waals surface area contributed by atoms with E-state index in [9.17, 15) is 18.0 Å². The Kier molecular flexibility index (Phi) is 5.53. The molecule has 31 heavy (non-hydrogen) atoms. The smallest absolute Gasteiger partial charge is 0.493 e. The Balaban J connectivity index is 1.72. The van der Waals surface area contributed by atoms with Gasteiger partial charge in [-0.2, -0.15) is 0 Å². The van der Waals surface area contributed by atoms with E-state index in [1.165, 1.54) is 25.3 Å². The van der Waals surface area contributed by atoms with Gasteiger partial charge in [0.2, 0.25) is 0 Å². The van der Waals surface area contributed by atoms with Gasteiger partial charge in [0.05, 0.1) is 12.5 Å². The highest BCUT2D eigenvalue weighted by molar-refractivity contribution is 5.82. The second-order valence-corrected chi connectivity index (χ2v) is 7.37. The first-order valence-electron chi connectivity index (χ1n) is 9.74. The summed E-state index contributed by atoms with van der Waals surface area (Å²) in [7, 11) is 1.24. The van der Waals surface area contributed by atoms with Crippen LogP contribution < -0.4 is 25.1 Å². The van der Waals surface area contributed by atoms with E-state index >= 15 is 0 Å². The van der Waals surface area contributed by atoms with Crippen molar-refractivity contribution < 1.29 is 27.1 Å². The van der Waals surface area contributed by atoms with Crippen LogP contribution in [0.4, 0.5) is 18.9 Å².